The highest BCUT2D eigenvalue weighted by Crippen LogP contribution is 2.27. The number of phenolic OH excluding ortho intramolecular Hbond substituents is 1. The zero-order valence-electron chi connectivity index (χ0n) is 14.1. The third-order valence-corrected chi connectivity index (χ3v) is 4.47. The van der Waals surface area contributed by atoms with Crippen LogP contribution in [0.25, 0.3) is 0 Å². The van der Waals surface area contributed by atoms with Crippen LogP contribution in [0.2, 0.25) is 5.02 Å². The van der Waals surface area contributed by atoms with Crippen molar-refractivity contribution in [3.8, 4) is 5.75 Å². The number of benzene rings is 2. The van der Waals surface area contributed by atoms with Gasteiger partial charge in [-0.15, -0.1) is 0 Å². The van der Waals surface area contributed by atoms with Gasteiger partial charge in [0.2, 0.25) is 5.91 Å². The fourth-order valence-electron chi connectivity index (χ4n) is 2.34. The van der Waals surface area contributed by atoms with Crippen molar-refractivity contribution >= 4 is 39.1 Å². The Labute approximate surface area is 161 Å². The van der Waals surface area contributed by atoms with Crippen LogP contribution < -0.4 is 10.6 Å². The molecule has 0 saturated carbocycles. The molecule has 0 aliphatic heterocycles. The van der Waals surface area contributed by atoms with Crippen molar-refractivity contribution in [1.29, 1.82) is 0 Å². The summed E-state index contributed by atoms with van der Waals surface area (Å²) >= 11 is 9.22. The number of carbonyl (C=O) groups is 1. The van der Waals surface area contributed by atoms with Crippen LogP contribution in [0.15, 0.2) is 59.3 Å². The van der Waals surface area contributed by atoms with E-state index in [1.807, 2.05) is 38.1 Å². The first kappa shape index (κ1) is 19.3. The largest absolute Gasteiger partial charge is 0.506 e. The number of hydrogen-bond acceptors (Lipinski definition) is 3. The molecule has 0 aromatic heterocycles. The first-order chi connectivity index (χ1) is 11.7. The number of aromatic hydroxyl groups is 1. The van der Waals surface area contributed by atoms with E-state index >= 15 is 0 Å². The number of halogens is 2. The number of carbonyl (C=O) groups excluding carboxylic acids is 1. The van der Waals surface area contributed by atoms with Crippen molar-refractivity contribution in [2.24, 2.45) is 5.41 Å². The Morgan fingerprint density at radius 2 is 2.00 bits per heavy atom. The zero-order valence-corrected chi connectivity index (χ0v) is 16.4. The molecule has 0 fully saturated rings. The summed E-state index contributed by atoms with van der Waals surface area (Å²) in [5.74, 6) is 0.137. The maximum absolute atomic E-state index is 12.6. The molecule has 25 heavy (non-hydrogen) atoms. The lowest BCUT2D eigenvalue weighted by Crippen LogP contribution is -2.39. The van der Waals surface area contributed by atoms with E-state index in [-0.39, 0.29) is 16.7 Å². The molecule has 6 heteroatoms. The Bertz CT molecular complexity index is 806. The Morgan fingerprint density at radius 3 is 2.64 bits per heavy atom. The van der Waals surface area contributed by atoms with E-state index in [2.05, 4.69) is 33.1 Å². The van der Waals surface area contributed by atoms with Crippen LogP contribution in [0.4, 0.5) is 5.69 Å². The van der Waals surface area contributed by atoms with Gasteiger partial charge in [-0.3, -0.25) is 4.79 Å². The van der Waals surface area contributed by atoms with Crippen LogP contribution in [-0.4, -0.2) is 11.0 Å². The maximum atomic E-state index is 12.6. The minimum atomic E-state index is -0.618. The van der Waals surface area contributed by atoms with Crippen molar-refractivity contribution in [3.63, 3.8) is 0 Å². The number of nitrogens with one attached hydrogen (secondary N) is 2. The van der Waals surface area contributed by atoms with Crippen LogP contribution in [0.5, 0.6) is 5.75 Å². The number of amides is 1. The molecule has 0 unspecified atom stereocenters. The lowest BCUT2D eigenvalue weighted by atomic mass is 9.85. The molecular formula is C19H20BrClN2O2. The average Bonchev–Trinajstić information content (AvgIpc) is 2.50. The van der Waals surface area contributed by atoms with Gasteiger partial charge in [-0.25, -0.2) is 0 Å². The second-order valence-corrected chi connectivity index (χ2v) is 7.74. The summed E-state index contributed by atoms with van der Waals surface area (Å²) < 4.78 is 0.981. The summed E-state index contributed by atoms with van der Waals surface area (Å²) in [5.41, 5.74) is 1.03. The highest BCUT2D eigenvalue weighted by molar-refractivity contribution is 9.10. The normalized spacial score (nSPS) is 11.0. The van der Waals surface area contributed by atoms with E-state index in [1.165, 1.54) is 6.07 Å². The molecule has 0 saturated heterocycles. The molecule has 0 bridgehead atoms. The van der Waals surface area contributed by atoms with E-state index in [1.54, 1.807) is 12.1 Å². The van der Waals surface area contributed by atoms with Crippen molar-refractivity contribution in [2.45, 2.75) is 20.3 Å². The number of anilines is 1. The lowest BCUT2D eigenvalue weighted by molar-refractivity contribution is -0.128. The van der Waals surface area contributed by atoms with Gasteiger partial charge in [0.05, 0.1) is 5.02 Å². The summed E-state index contributed by atoms with van der Waals surface area (Å²) in [6.45, 7) is 7.57. The standard InChI is InChI=1S/C19H20BrClN2O2/c1-12(22-15-7-8-16(21)17(24)10-15)23-18(25)19(2,3)11-13-5-4-6-14(20)9-13/h4-10,22,24H,1,11H2,2-3H3,(H,23,25). The fraction of sp³-hybridized carbons (Fsp3) is 0.211. The third kappa shape index (κ3) is 5.51. The summed E-state index contributed by atoms with van der Waals surface area (Å²) in [7, 11) is 0. The number of phenols is 1. The lowest BCUT2D eigenvalue weighted by Gasteiger charge is -2.25. The molecule has 3 N–H and O–H groups in total. The van der Waals surface area contributed by atoms with Gasteiger partial charge in [0, 0.05) is 21.6 Å². The Hall–Kier alpha value is -1.98. The molecule has 1 amide bonds. The molecule has 0 aliphatic carbocycles. The molecule has 0 aliphatic rings. The monoisotopic (exact) mass is 422 g/mol. The van der Waals surface area contributed by atoms with E-state index < -0.39 is 5.41 Å². The second-order valence-electron chi connectivity index (χ2n) is 6.41. The molecule has 0 spiro atoms. The molecule has 0 heterocycles. The van der Waals surface area contributed by atoms with Crippen molar-refractivity contribution in [1.82, 2.24) is 5.32 Å². The van der Waals surface area contributed by atoms with Crippen LogP contribution >= 0.6 is 27.5 Å². The molecule has 2 aromatic carbocycles. The molecule has 4 nitrogen and oxygen atoms in total. The second kappa shape index (κ2) is 7.93. The fourth-order valence-corrected chi connectivity index (χ4v) is 2.90. The maximum Gasteiger partial charge on any atom is 0.231 e. The van der Waals surface area contributed by atoms with Crippen LogP contribution in [0, 0.1) is 5.41 Å². The molecular weight excluding hydrogens is 404 g/mol. The molecule has 0 atom stereocenters. The van der Waals surface area contributed by atoms with Crippen LogP contribution in [0.3, 0.4) is 0 Å². The third-order valence-electron chi connectivity index (χ3n) is 3.66. The summed E-state index contributed by atoms with van der Waals surface area (Å²) in [6.07, 6.45) is 0.591. The minimum Gasteiger partial charge on any atom is -0.506 e. The van der Waals surface area contributed by atoms with Gasteiger partial charge in [-0.2, -0.15) is 0 Å². The SMILES string of the molecule is C=C(NC(=O)C(C)(C)Cc1cccc(Br)c1)Nc1ccc(Cl)c(O)c1. The van der Waals surface area contributed by atoms with Crippen molar-refractivity contribution < 1.29 is 9.90 Å². The predicted molar refractivity (Wildman–Crippen MR) is 106 cm³/mol. The highest BCUT2D eigenvalue weighted by Gasteiger charge is 2.28. The summed E-state index contributed by atoms with van der Waals surface area (Å²) in [4.78, 5) is 12.6. The van der Waals surface area contributed by atoms with E-state index in [4.69, 9.17) is 11.6 Å². The van der Waals surface area contributed by atoms with Gasteiger partial charge < -0.3 is 15.7 Å². The first-order valence-corrected chi connectivity index (χ1v) is 8.85. The Morgan fingerprint density at radius 1 is 1.28 bits per heavy atom. The zero-order chi connectivity index (χ0) is 18.6. The van der Waals surface area contributed by atoms with Crippen LogP contribution in [-0.2, 0) is 11.2 Å². The number of hydrogen-bond donors (Lipinski definition) is 3. The Balaban J connectivity index is 1.99. The molecule has 132 valence electrons. The van der Waals surface area contributed by atoms with E-state index in [9.17, 15) is 9.90 Å². The Kier molecular flexibility index (Phi) is 6.14. The van der Waals surface area contributed by atoms with E-state index in [0.717, 1.165) is 10.0 Å². The average molecular weight is 424 g/mol. The molecule has 0 radical (unpaired) electrons. The smallest absolute Gasteiger partial charge is 0.231 e. The highest BCUT2D eigenvalue weighted by atomic mass is 79.9. The van der Waals surface area contributed by atoms with Gasteiger partial charge in [-0.05, 0) is 36.2 Å². The first-order valence-electron chi connectivity index (χ1n) is 7.68. The van der Waals surface area contributed by atoms with Crippen molar-refractivity contribution in [2.75, 3.05) is 5.32 Å². The minimum absolute atomic E-state index is 0.0409. The van der Waals surface area contributed by atoms with Gasteiger partial charge in [0.15, 0.2) is 0 Å². The van der Waals surface area contributed by atoms with Crippen molar-refractivity contribution in [3.05, 3.63) is 69.9 Å². The van der Waals surface area contributed by atoms with Gasteiger partial charge in [0.1, 0.15) is 11.6 Å². The van der Waals surface area contributed by atoms with Crippen LogP contribution in [0.1, 0.15) is 19.4 Å². The molecule has 2 aromatic rings. The molecule has 2 rings (SSSR count). The summed E-state index contributed by atoms with van der Waals surface area (Å²) in [6, 6.07) is 12.6. The van der Waals surface area contributed by atoms with Gasteiger partial charge in [-0.1, -0.05) is 60.1 Å². The number of rotatable bonds is 6. The predicted octanol–water partition coefficient (Wildman–Crippen LogP) is 5.08. The quantitative estimate of drug-likeness (QED) is 0.607. The van der Waals surface area contributed by atoms with Gasteiger partial charge >= 0.3 is 0 Å². The topological polar surface area (TPSA) is 61.4 Å². The van der Waals surface area contributed by atoms with Gasteiger partial charge in [0.25, 0.3) is 0 Å². The van der Waals surface area contributed by atoms with E-state index in [0.29, 0.717) is 17.9 Å². The summed E-state index contributed by atoms with van der Waals surface area (Å²) in [5, 5.41) is 15.6.